The molecule has 0 aromatic heterocycles. The summed E-state index contributed by atoms with van der Waals surface area (Å²) in [5.74, 6) is 0.746. The molecule has 3 aromatic carbocycles. The van der Waals surface area contributed by atoms with Crippen LogP contribution in [0.1, 0.15) is 16.7 Å². The largest absolute Gasteiger partial charge is 0.488 e. The van der Waals surface area contributed by atoms with Crippen LogP contribution in [0.4, 0.5) is 0 Å². The van der Waals surface area contributed by atoms with Crippen LogP contribution in [0.3, 0.4) is 0 Å². The van der Waals surface area contributed by atoms with Gasteiger partial charge in [0.1, 0.15) is 17.3 Å². The molecule has 1 aliphatic rings. The SMILES string of the molecule is S=C(c1ccc(OCc2ccc(Cl)cc2Cl)c(Br)c1)N1CCN(Cc2ccccc2)CC1. The monoisotopic (exact) mass is 548 g/mol. The number of piperazine rings is 1. The van der Waals surface area contributed by atoms with Crippen molar-refractivity contribution in [3.63, 3.8) is 0 Å². The Kier molecular flexibility index (Phi) is 8.08. The van der Waals surface area contributed by atoms with E-state index in [0.29, 0.717) is 16.7 Å². The minimum atomic E-state index is 0.363. The molecule has 1 heterocycles. The Morgan fingerprint density at radius 2 is 1.69 bits per heavy atom. The van der Waals surface area contributed by atoms with Crippen LogP contribution in [-0.4, -0.2) is 41.0 Å². The van der Waals surface area contributed by atoms with E-state index in [1.54, 1.807) is 6.07 Å². The summed E-state index contributed by atoms with van der Waals surface area (Å²) in [5.41, 5.74) is 3.25. The van der Waals surface area contributed by atoms with Gasteiger partial charge in [-0.25, -0.2) is 0 Å². The van der Waals surface area contributed by atoms with Gasteiger partial charge in [0.2, 0.25) is 0 Å². The van der Waals surface area contributed by atoms with E-state index >= 15 is 0 Å². The lowest BCUT2D eigenvalue weighted by Gasteiger charge is -2.36. The highest BCUT2D eigenvalue weighted by Crippen LogP contribution is 2.29. The van der Waals surface area contributed by atoms with Gasteiger partial charge < -0.3 is 9.64 Å². The Labute approximate surface area is 213 Å². The standard InChI is InChI=1S/C25H23BrCl2N2OS/c26-22-14-19(7-9-24(22)31-17-20-6-8-21(27)15-23(20)28)25(32)30-12-10-29(11-13-30)16-18-4-2-1-3-5-18/h1-9,14-15H,10-13,16-17H2. The van der Waals surface area contributed by atoms with Gasteiger partial charge in [-0.15, -0.1) is 0 Å². The van der Waals surface area contributed by atoms with Crippen molar-refractivity contribution in [2.24, 2.45) is 0 Å². The van der Waals surface area contributed by atoms with E-state index in [-0.39, 0.29) is 0 Å². The molecule has 0 atom stereocenters. The number of hydrogen-bond donors (Lipinski definition) is 0. The second kappa shape index (κ2) is 11.0. The Bertz CT molecular complexity index is 1090. The maximum absolute atomic E-state index is 6.24. The molecule has 4 rings (SSSR count). The van der Waals surface area contributed by atoms with Crippen LogP contribution in [0.2, 0.25) is 10.0 Å². The number of hydrogen-bond acceptors (Lipinski definition) is 3. The third-order valence-electron chi connectivity index (χ3n) is 5.49. The molecule has 0 unspecified atom stereocenters. The minimum absolute atomic E-state index is 0.363. The fourth-order valence-corrected chi connectivity index (χ4v) is 4.94. The highest BCUT2D eigenvalue weighted by atomic mass is 79.9. The zero-order chi connectivity index (χ0) is 22.5. The van der Waals surface area contributed by atoms with E-state index < -0.39 is 0 Å². The lowest BCUT2D eigenvalue weighted by molar-refractivity contribution is 0.177. The molecule has 7 heteroatoms. The first-order valence-electron chi connectivity index (χ1n) is 10.4. The van der Waals surface area contributed by atoms with Gasteiger partial charge in [0.05, 0.1) is 4.47 Å². The van der Waals surface area contributed by atoms with Crippen LogP contribution < -0.4 is 4.74 Å². The number of halogens is 3. The van der Waals surface area contributed by atoms with Gasteiger partial charge in [0, 0.05) is 53.9 Å². The number of rotatable bonds is 6. The second-order valence-corrected chi connectivity index (χ2v) is 9.81. The van der Waals surface area contributed by atoms with E-state index in [2.05, 4.69) is 56.1 Å². The quantitative estimate of drug-likeness (QED) is 0.313. The summed E-state index contributed by atoms with van der Waals surface area (Å²) < 4.78 is 6.82. The molecule has 32 heavy (non-hydrogen) atoms. The number of thiocarbonyl (C=S) groups is 1. The molecule has 1 saturated heterocycles. The first-order chi connectivity index (χ1) is 15.5. The summed E-state index contributed by atoms with van der Waals surface area (Å²) in [6, 6.07) is 22.0. The van der Waals surface area contributed by atoms with E-state index in [0.717, 1.165) is 59.1 Å². The lowest BCUT2D eigenvalue weighted by atomic mass is 10.1. The molecule has 0 aliphatic carbocycles. The molecule has 0 saturated carbocycles. The van der Waals surface area contributed by atoms with Gasteiger partial charge >= 0.3 is 0 Å². The maximum atomic E-state index is 6.24. The Hall–Kier alpha value is -1.63. The summed E-state index contributed by atoms with van der Waals surface area (Å²) in [6.07, 6.45) is 0. The van der Waals surface area contributed by atoms with E-state index in [1.165, 1.54) is 5.56 Å². The average Bonchev–Trinajstić information content (AvgIpc) is 2.80. The molecule has 3 nitrogen and oxygen atoms in total. The molecule has 0 spiro atoms. The Balaban J connectivity index is 1.33. The predicted molar refractivity (Wildman–Crippen MR) is 140 cm³/mol. The molecular weight excluding hydrogens is 527 g/mol. The molecule has 1 fully saturated rings. The third-order valence-corrected chi connectivity index (χ3v) is 7.19. The topological polar surface area (TPSA) is 15.7 Å². The van der Waals surface area contributed by atoms with Crippen molar-refractivity contribution in [2.45, 2.75) is 13.2 Å². The molecule has 166 valence electrons. The molecule has 0 radical (unpaired) electrons. The highest BCUT2D eigenvalue weighted by Gasteiger charge is 2.20. The van der Waals surface area contributed by atoms with Crippen molar-refractivity contribution < 1.29 is 4.74 Å². The molecule has 3 aromatic rings. The Morgan fingerprint density at radius 1 is 0.938 bits per heavy atom. The van der Waals surface area contributed by atoms with Gasteiger partial charge in [-0.1, -0.05) is 71.8 Å². The fraction of sp³-hybridized carbons (Fsp3) is 0.240. The van der Waals surface area contributed by atoms with Gasteiger partial charge in [-0.3, -0.25) is 4.90 Å². The summed E-state index contributed by atoms with van der Waals surface area (Å²) in [4.78, 5) is 5.63. The first-order valence-corrected chi connectivity index (χ1v) is 12.4. The van der Waals surface area contributed by atoms with Crippen molar-refractivity contribution in [3.05, 3.63) is 97.9 Å². The van der Waals surface area contributed by atoms with Crippen molar-refractivity contribution >= 4 is 56.3 Å². The number of nitrogens with zero attached hydrogens (tertiary/aromatic N) is 2. The van der Waals surface area contributed by atoms with Crippen LogP contribution in [-0.2, 0) is 13.2 Å². The predicted octanol–water partition coefficient (Wildman–Crippen LogP) is 6.83. The van der Waals surface area contributed by atoms with Crippen LogP contribution in [0, 0.1) is 0 Å². The zero-order valence-electron chi connectivity index (χ0n) is 17.4. The van der Waals surface area contributed by atoms with Crippen LogP contribution in [0.15, 0.2) is 71.2 Å². The molecule has 0 amide bonds. The van der Waals surface area contributed by atoms with Crippen LogP contribution in [0.5, 0.6) is 5.75 Å². The minimum Gasteiger partial charge on any atom is -0.488 e. The van der Waals surface area contributed by atoms with Crippen LogP contribution >= 0.6 is 51.3 Å². The summed E-state index contributed by atoms with van der Waals surface area (Å²) in [6.45, 7) is 5.20. The highest BCUT2D eigenvalue weighted by molar-refractivity contribution is 9.10. The van der Waals surface area contributed by atoms with E-state index in [4.69, 9.17) is 40.2 Å². The van der Waals surface area contributed by atoms with Crippen molar-refractivity contribution in [3.8, 4) is 5.75 Å². The number of ether oxygens (including phenoxy) is 1. The van der Waals surface area contributed by atoms with E-state index in [1.807, 2.05) is 30.3 Å². The summed E-state index contributed by atoms with van der Waals surface area (Å²) >= 11 is 21.6. The van der Waals surface area contributed by atoms with Crippen LogP contribution in [0.25, 0.3) is 0 Å². The third kappa shape index (κ3) is 6.03. The van der Waals surface area contributed by atoms with Crippen molar-refractivity contribution in [1.82, 2.24) is 9.80 Å². The van der Waals surface area contributed by atoms with Crippen molar-refractivity contribution in [2.75, 3.05) is 26.2 Å². The van der Waals surface area contributed by atoms with Gasteiger partial charge in [-0.05, 0) is 51.8 Å². The summed E-state index contributed by atoms with van der Waals surface area (Å²) in [7, 11) is 0. The summed E-state index contributed by atoms with van der Waals surface area (Å²) in [5, 5.41) is 1.21. The average molecular weight is 550 g/mol. The normalized spacial score (nSPS) is 14.4. The number of benzene rings is 3. The van der Waals surface area contributed by atoms with Gasteiger partial charge in [0.25, 0.3) is 0 Å². The fourth-order valence-electron chi connectivity index (χ4n) is 3.68. The Morgan fingerprint density at radius 3 is 2.38 bits per heavy atom. The molecular formula is C25H23BrCl2N2OS. The van der Waals surface area contributed by atoms with Crippen molar-refractivity contribution in [1.29, 1.82) is 0 Å². The first kappa shape index (κ1) is 23.5. The smallest absolute Gasteiger partial charge is 0.134 e. The lowest BCUT2D eigenvalue weighted by Crippen LogP contribution is -2.48. The van der Waals surface area contributed by atoms with Gasteiger partial charge in [-0.2, -0.15) is 0 Å². The second-order valence-electron chi connectivity index (χ2n) is 7.72. The van der Waals surface area contributed by atoms with E-state index in [9.17, 15) is 0 Å². The molecule has 0 bridgehead atoms. The maximum Gasteiger partial charge on any atom is 0.134 e. The zero-order valence-corrected chi connectivity index (χ0v) is 21.4. The molecule has 0 N–H and O–H groups in total. The van der Waals surface area contributed by atoms with Gasteiger partial charge in [0.15, 0.2) is 0 Å². The molecule has 1 aliphatic heterocycles.